The average Bonchev–Trinajstić information content (AvgIpc) is 3.38. The fourth-order valence-corrected chi connectivity index (χ4v) is 3.47. The van der Waals surface area contributed by atoms with Crippen LogP contribution >= 0.6 is 0 Å². The van der Waals surface area contributed by atoms with E-state index in [1.165, 1.54) is 11.1 Å². The molecule has 132 valence electrons. The zero-order chi connectivity index (χ0) is 17.8. The highest BCUT2D eigenvalue weighted by Crippen LogP contribution is 2.47. The Morgan fingerprint density at radius 2 is 1.81 bits per heavy atom. The lowest BCUT2D eigenvalue weighted by Gasteiger charge is -2.09. The van der Waals surface area contributed by atoms with E-state index in [0.717, 1.165) is 25.2 Å². The number of carbonyl (C=O) groups is 1. The van der Waals surface area contributed by atoms with Crippen molar-refractivity contribution in [1.82, 2.24) is 14.9 Å². The molecule has 1 saturated carbocycles. The first-order valence-electron chi connectivity index (χ1n) is 9.18. The number of amides is 1. The molecule has 1 heterocycles. The maximum absolute atomic E-state index is 12.4. The van der Waals surface area contributed by atoms with Gasteiger partial charge in [-0.1, -0.05) is 60.7 Å². The lowest BCUT2D eigenvalue weighted by Crippen LogP contribution is -2.28. The third kappa shape index (κ3) is 3.85. The third-order valence-electron chi connectivity index (χ3n) is 5.00. The Morgan fingerprint density at radius 3 is 2.58 bits per heavy atom. The van der Waals surface area contributed by atoms with Gasteiger partial charge in [-0.25, -0.2) is 4.98 Å². The van der Waals surface area contributed by atoms with Crippen molar-refractivity contribution in [3.05, 3.63) is 90.0 Å². The molecule has 0 spiro atoms. The maximum Gasteiger partial charge on any atom is 0.223 e. The first-order chi connectivity index (χ1) is 12.8. The summed E-state index contributed by atoms with van der Waals surface area (Å²) < 4.78 is 2.14. The molecule has 1 aliphatic rings. The van der Waals surface area contributed by atoms with Crippen molar-refractivity contribution in [2.24, 2.45) is 5.92 Å². The van der Waals surface area contributed by atoms with Gasteiger partial charge in [0.05, 0.1) is 0 Å². The molecular weight excluding hydrogens is 322 g/mol. The molecule has 0 aliphatic heterocycles. The van der Waals surface area contributed by atoms with Crippen molar-refractivity contribution in [2.45, 2.75) is 25.3 Å². The zero-order valence-corrected chi connectivity index (χ0v) is 14.7. The van der Waals surface area contributed by atoms with Gasteiger partial charge in [0.25, 0.3) is 0 Å². The Hall–Kier alpha value is -2.88. The van der Waals surface area contributed by atoms with Gasteiger partial charge in [0.15, 0.2) is 0 Å². The quantitative estimate of drug-likeness (QED) is 0.713. The molecule has 4 heteroatoms. The van der Waals surface area contributed by atoms with Gasteiger partial charge in [-0.2, -0.15) is 0 Å². The van der Waals surface area contributed by atoms with E-state index in [4.69, 9.17) is 0 Å². The van der Waals surface area contributed by atoms with E-state index in [1.807, 2.05) is 48.8 Å². The molecule has 4 nitrogen and oxygen atoms in total. The van der Waals surface area contributed by atoms with Gasteiger partial charge in [-0.05, 0) is 23.5 Å². The second kappa shape index (κ2) is 7.56. The molecule has 1 aromatic heterocycles. The van der Waals surface area contributed by atoms with E-state index in [1.54, 1.807) is 0 Å². The summed E-state index contributed by atoms with van der Waals surface area (Å²) >= 11 is 0. The predicted octanol–water partition coefficient (Wildman–Crippen LogP) is 3.39. The van der Waals surface area contributed by atoms with Gasteiger partial charge < -0.3 is 9.88 Å². The summed E-state index contributed by atoms with van der Waals surface area (Å²) in [5.74, 6) is 1.68. The molecule has 1 aliphatic carbocycles. The summed E-state index contributed by atoms with van der Waals surface area (Å²) in [6.45, 7) is 1.44. The standard InChI is InChI=1S/C22H23N3O/c26-22(20-15-19(20)18-9-5-2-6-10-18)24-12-11-21-23-13-14-25(21)16-17-7-3-1-4-8-17/h1-10,13-14,19-20H,11-12,15-16H2,(H,24,26)/t19-,20-/m1/s1. The minimum Gasteiger partial charge on any atom is -0.355 e. The predicted molar refractivity (Wildman–Crippen MR) is 102 cm³/mol. The summed E-state index contributed by atoms with van der Waals surface area (Å²) in [5, 5.41) is 3.08. The number of rotatable bonds is 7. The van der Waals surface area contributed by atoms with Crippen LogP contribution in [0.25, 0.3) is 0 Å². The van der Waals surface area contributed by atoms with E-state index >= 15 is 0 Å². The third-order valence-corrected chi connectivity index (χ3v) is 5.00. The lowest BCUT2D eigenvalue weighted by atomic mass is 10.1. The van der Waals surface area contributed by atoms with E-state index in [-0.39, 0.29) is 11.8 Å². The van der Waals surface area contributed by atoms with Crippen molar-refractivity contribution < 1.29 is 4.79 Å². The highest BCUT2D eigenvalue weighted by atomic mass is 16.2. The largest absolute Gasteiger partial charge is 0.355 e. The average molecular weight is 345 g/mol. The van der Waals surface area contributed by atoms with E-state index < -0.39 is 0 Å². The van der Waals surface area contributed by atoms with Crippen LogP contribution in [0.5, 0.6) is 0 Å². The van der Waals surface area contributed by atoms with Gasteiger partial charge >= 0.3 is 0 Å². The molecule has 0 saturated heterocycles. The summed E-state index contributed by atoms with van der Waals surface area (Å²) in [4.78, 5) is 16.8. The van der Waals surface area contributed by atoms with Crippen molar-refractivity contribution in [3.8, 4) is 0 Å². The van der Waals surface area contributed by atoms with E-state index in [0.29, 0.717) is 12.5 Å². The van der Waals surface area contributed by atoms with Crippen LogP contribution in [-0.2, 0) is 17.8 Å². The first-order valence-corrected chi connectivity index (χ1v) is 9.18. The fraction of sp³-hybridized carbons (Fsp3) is 0.273. The summed E-state index contributed by atoms with van der Waals surface area (Å²) in [5.41, 5.74) is 2.52. The van der Waals surface area contributed by atoms with Gasteiger partial charge in [0, 0.05) is 37.8 Å². The van der Waals surface area contributed by atoms with Crippen LogP contribution in [-0.4, -0.2) is 22.0 Å². The van der Waals surface area contributed by atoms with Gasteiger partial charge in [-0.3, -0.25) is 4.79 Å². The summed E-state index contributed by atoms with van der Waals surface area (Å²) in [7, 11) is 0. The van der Waals surface area contributed by atoms with Crippen LogP contribution in [0.3, 0.4) is 0 Å². The highest BCUT2D eigenvalue weighted by molar-refractivity contribution is 5.82. The first kappa shape index (κ1) is 16.6. The topological polar surface area (TPSA) is 46.9 Å². The van der Waals surface area contributed by atoms with Gasteiger partial charge in [0.2, 0.25) is 5.91 Å². The number of imidazole rings is 1. The van der Waals surface area contributed by atoms with E-state index in [2.05, 4.69) is 39.1 Å². The number of hydrogen-bond donors (Lipinski definition) is 1. The number of nitrogens with zero attached hydrogens (tertiary/aromatic N) is 2. The minimum atomic E-state index is 0.126. The van der Waals surface area contributed by atoms with Crippen molar-refractivity contribution in [2.75, 3.05) is 6.54 Å². The minimum absolute atomic E-state index is 0.126. The molecule has 1 amide bonds. The van der Waals surface area contributed by atoms with Crippen LogP contribution in [0.1, 0.15) is 29.3 Å². The maximum atomic E-state index is 12.4. The molecule has 0 unspecified atom stereocenters. The second-order valence-corrected chi connectivity index (χ2v) is 6.86. The fourth-order valence-electron chi connectivity index (χ4n) is 3.47. The summed E-state index contributed by atoms with van der Waals surface area (Å²) in [6.07, 6.45) is 5.52. The van der Waals surface area contributed by atoms with Gasteiger partial charge in [-0.15, -0.1) is 0 Å². The molecule has 0 radical (unpaired) electrons. The Labute approximate surface area is 153 Å². The normalized spacial score (nSPS) is 18.5. The number of carbonyl (C=O) groups excluding carboxylic acids is 1. The van der Waals surface area contributed by atoms with Crippen molar-refractivity contribution in [3.63, 3.8) is 0 Å². The number of hydrogen-bond acceptors (Lipinski definition) is 2. The SMILES string of the molecule is O=C(NCCc1nccn1Cc1ccccc1)[C@@H]1C[C@@H]1c1ccccc1. The Bertz CT molecular complexity index is 857. The molecule has 4 rings (SSSR count). The van der Waals surface area contributed by atoms with Crippen molar-refractivity contribution in [1.29, 1.82) is 0 Å². The highest BCUT2D eigenvalue weighted by Gasteiger charge is 2.43. The van der Waals surface area contributed by atoms with Crippen LogP contribution in [0.2, 0.25) is 0 Å². The van der Waals surface area contributed by atoms with Crippen LogP contribution in [0.15, 0.2) is 73.1 Å². The van der Waals surface area contributed by atoms with Crippen LogP contribution in [0.4, 0.5) is 0 Å². The zero-order valence-electron chi connectivity index (χ0n) is 14.7. The smallest absolute Gasteiger partial charge is 0.223 e. The molecule has 0 bridgehead atoms. The summed E-state index contributed by atoms with van der Waals surface area (Å²) in [6, 6.07) is 20.6. The molecular formula is C22H23N3O. The number of nitrogens with one attached hydrogen (secondary N) is 1. The van der Waals surface area contributed by atoms with E-state index in [9.17, 15) is 4.79 Å². The monoisotopic (exact) mass is 345 g/mol. The van der Waals surface area contributed by atoms with Crippen LogP contribution < -0.4 is 5.32 Å². The number of benzene rings is 2. The molecule has 3 aromatic rings. The van der Waals surface area contributed by atoms with Gasteiger partial charge in [0.1, 0.15) is 5.82 Å². The number of aromatic nitrogens is 2. The molecule has 1 fully saturated rings. The second-order valence-electron chi connectivity index (χ2n) is 6.86. The lowest BCUT2D eigenvalue weighted by molar-refractivity contribution is -0.122. The Balaban J connectivity index is 1.27. The molecule has 2 aromatic carbocycles. The van der Waals surface area contributed by atoms with Crippen LogP contribution in [0, 0.1) is 5.92 Å². The Morgan fingerprint density at radius 1 is 1.08 bits per heavy atom. The molecule has 1 N–H and O–H groups in total. The molecule has 2 atom stereocenters. The Kier molecular flexibility index (Phi) is 4.82. The van der Waals surface area contributed by atoms with Crippen molar-refractivity contribution >= 4 is 5.91 Å². The molecule has 26 heavy (non-hydrogen) atoms.